The van der Waals surface area contributed by atoms with Crippen molar-refractivity contribution in [3.05, 3.63) is 23.8 Å². The van der Waals surface area contributed by atoms with Crippen LogP contribution in [0.2, 0.25) is 0 Å². The molecular weight excluding hydrogens is 325 g/mol. The molecule has 1 amide bonds. The molecule has 3 nitrogen and oxygen atoms in total. The fourth-order valence-corrected chi connectivity index (χ4v) is 3.48. The molecule has 1 aliphatic carbocycles. The van der Waals surface area contributed by atoms with Crippen molar-refractivity contribution in [2.75, 3.05) is 11.1 Å². The van der Waals surface area contributed by atoms with E-state index in [0.717, 1.165) is 24.8 Å². The van der Waals surface area contributed by atoms with E-state index in [0.29, 0.717) is 28.8 Å². The van der Waals surface area contributed by atoms with E-state index in [2.05, 4.69) is 5.32 Å². The number of alkyl halides is 3. The maximum atomic E-state index is 12.4. The van der Waals surface area contributed by atoms with E-state index in [-0.39, 0.29) is 17.9 Å². The third-order valence-corrected chi connectivity index (χ3v) is 5.01. The summed E-state index contributed by atoms with van der Waals surface area (Å²) in [5.41, 5.74) is 7.23. The second-order valence-electron chi connectivity index (χ2n) is 6.02. The smallest absolute Gasteiger partial charge is 0.328 e. The molecule has 0 aliphatic heterocycles. The number of amides is 1. The predicted octanol–water partition coefficient (Wildman–Crippen LogP) is 4.11. The van der Waals surface area contributed by atoms with Crippen LogP contribution in [0.15, 0.2) is 23.1 Å². The quantitative estimate of drug-likeness (QED) is 0.807. The third-order valence-electron chi connectivity index (χ3n) is 3.87. The van der Waals surface area contributed by atoms with Crippen LogP contribution in [-0.4, -0.2) is 23.9 Å². The van der Waals surface area contributed by atoms with Gasteiger partial charge in [0.05, 0.1) is 11.4 Å². The first kappa shape index (κ1) is 18.1. The van der Waals surface area contributed by atoms with Crippen molar-refractivity contribution in [2.24, 2.45) is 11.7 Å². The second-order valence-corrected chi connectivity index (χ2v) is 7.03. The minimum atomic E-state index is -4.24. The van der Waals surface area contributed by atoms with Crippen LogP contribution in [0.5, 0.6) is 0 Å². The van der Waals surface area contributed by atoms with E-state index in [1.54, 1.807) is 18.2 Å². The lowest BCUT2D eigenvalue weighted by Gasteiger charge is -2.26. The summed E-state index contributed by atoms with van der Waals surface area (Å²) in [6.45, 7) is 1.84. The number of aryl methyl sites for hydroxylation is 1. The van der Waals surface area contributed by atoms with Crippen LogP contribution in [-0.2, 0) is 4.79 Å². The van der Waals surface area contributed by atoms with Gasteiger partial charge in [-0.05, 0) is 43.9 Å². The molecule has 0 aromatic heterocycles. The molecule has 0 radical (unpaired) electrons. The van der Waals surface area contributed by atoms with Gasteiger partial charge in [0, 0.05) is 16.9 Å². The van der Waals surface area contributed by atoms with Gasteiger partial charge in [-0.3, -0.25) is 4.79 Å². The van der Waals surface area contributed by atoms with Gasteiger partial charge < -0.3 is 11.1 Å². The van der Waals surface area contributed by atoms with Crippen molar-refractivity contribution < 1.29 is 18.0 Å². The van der Waals surface area contributed by atoms with Gasteiger partial charge in [-0.1, -0.05) is 12.5 Å². The van der Waals surface area contributed by atoms with Gasteiger partial charge >= 0.3 is 6.18 Å². The Kier molecular flexibility index (Phi) is 5.97. The summed E-state index contributed by atoms with van der Waals surface area (Å²) < 4.78 is 37.3. The minimum Gasteiger partial charge on any atom is -0.328 e. The largest absolute Gasteiger partial charge is 0.398 e. The van der Waals surface area contributed by atoms with Crippen LogP contribution in [0.3, 0.4) is 0 Å². The number of thioether (sulfide) groups is 1. The Hall–Kier alpha value is -1.21. The fraction of sp³-hybridized carbons (Fsp3) is 0.562. The van der Waals surface area contributed by atoms with Gasteiger partial charge in [-0.2, -0.15) is 13.2 Å². The van der Waals surface area contributed by atoms with Crippen molar-refractivity contribution >= 4 is 23.4 Å². The first-order valence-corrected chi connectivity index (χ1v) is 8.60. The Morgan fingerprint density at radius 1 is 1.39 bits per heavy atom. The fourth-order valence-electron chi connectivity index (χ4n) is 2.73. The first-order valence-electron chi connectivity index (χ1n) is 7.61. The number of nitrogens with two attached hydrogens (primary N) is 1. The van der Waals surface area contributed by atoms with Gasteiger partial charge in [0.25, 0.3) is 0 Å². The van der Waals surface area contributed by atoms with Gasteiger partial charge in [0.15, 0.2) is 0 Å². The molecule has 23 heavy (non-hydrogen) atoms. The van der Waals surface area contributed by atoms with E-state index in [1.807, 2.05) is 6.92 Å². The summed E-state index contributed by atoms with van der Waals surface area (Å²) in [7, 11) is 0. The Labute approximate surface area is 138 Å². The Bertz CT molecular complexity index is 563. The van der Waals surface area contributed by atoms with Crippen molar-refractivity contribution in [1.29, 1.82) is 0 Å². The predicted molar refractivity (Wildman–Crippen MR) is 86.5 cm³/mol. The lowest BCUT2D eigenvalue weighted by molar-refractivity contribution is -0.120. The molecule has 1 fully saturated rings. The van der Waals surface area contributed by atoms with E-state index in [1.165, 1.54) is 0 Å². The van der Waals surface area contributed by atoms with E-state index in [4.69, 9.17) is 5.73 Å². The number of nitrogens with one attached hydrogen (secondary N) is 1. The first-order chi connectivity index (χ1) is 10.7. The molecular formula is C16H21F3N2OS. The Balaban J connectivity index is 2.08. The highest BCUT2D eigenvalue weighted by atomic mass is 32.2. The van der Waals surface area contributed by atoms with Gasteiger partial charge in [-0.15, -0.1) is 11.8 Å². The molecule has 2 rings (SSSR count). The number of benzene rings is 1. The summed E-state index contributed by atoms with van der Waals surface area (Å²) >= 11 is 0.687. The topological polar surface area (TPSA) is 55.1 Å². The van der Waals surface area contributed by atoms with Crippen molar-refractivity contribution in [3.63, 3.8) is 0 Å². The van der Waals surface area contributed by atoms with Crippen LogP contribution in [0.25, 0.3) is 0 Å². The monoisotopic (exact) mass is 346 g/mol. The van der Waals surface area contributed by atoms with Crippen LogP contribution < -0.4 is 11.1 Å². The number of carbonyl (C=O) groups is 1. The average Bonchev–Trinajstić information content (AvgIpc) is 2.45. The minimum absolute atomic E-state index is 0.0242. The molecule has 7 heteroatoms. The molecule has 1 aliphatic rings. The highest BCUT2D eigenvalue weighted by Crippen LogP contribution is 2.34. The summed E-state index contributed by atoms with van der Waals surface area (Å²) in [4.78, 5) is 12.8. The van der Waals surface area contributed by atoms with Gasteiger partial charge in [0.2, 0.25) is 5.91 Å². The number of halogens is 3. The molecule has 1 aromatic carbocycles. The molecule has 0 saturated heterocycles. The van der Waals surface area contributed by atoms with Crippen molar-refractivity contribution in [3.8, 4) is 0 Å². The summed E-state index contributed by atoms with van der Waals surface area (Å²) in [5.74, 6) is -1.30. The average molecular weight is 346 g/mol. The molecule has 1 aromatic rings. The number of rotatable bonds is 4. The Morgan fingerprint density at radius 2 is 2.13 bits per heavy atom. The normalized spacial score (nSPS) is 22.0. The van der Waals surface area contributed by atoms with Crippen LogP contribution in [0, 0.1) is 12.8 Å². The van der Waals surface area contributed by atoms with Crippen LogP contribution in [0.1, 0.15) is 31.2 Å². The molecule has 2 unspecified atom stereocenters. The van der Waals surface area contributed by atoms with E-state index >= 15 is 0 Å². The summed E-state index contributed by atoms with van der Waals surface area (Å²) in [5, 5.41) is 2.80. The number of hydrogen-bond donors (Lipinski definition) is 2. The lowest BCUT2D eigenvalue weighted by Crippen LogP contribution is -2.34. The SMILES string of the molecule is Cc1ccc(SCC(F)(F)F)c(NC(=O)C2CCCC(N)C2)c1. The van der Waals surface area contributed by atoms with Crippen molar-refractivity contribution in [2.45, 2.75) is 49.7 Å². The summed E-state index contributed by atoms with van der Waals surface area (Å²) in [6.07, 6.45) is -1.02. The van der Waals surface area contributed by atoms with Gasteiger partial charge in [-0.25, -0.2) is 0 Å². The number of hydrogen-bond acceptors (Lipinski definition) is 3. The number of anilines is 1. The van der Waals surface area contributed by atoms with Crippen LogP contribution in [0.4, 0.5) is 18.9 Å². The molecule has 2 atom stereocenters. The zero-order chi connectivity index (χ0) is 17.0. The van der Waals surface area contributed by atoms with Crippen LogP contribution >= 0.6 is 11.8 Å². The second kappa shape index (κ2) is 7.57. The molecule has 0 bridgehead atoms. The highest BCUT2D eigenvalue weighted by Gasteiger charge is 2.29. The Morgan fingerprint density at radius 3 is 2.78 bits per heavy atom. The third kappa shape index (κ3) is 5.73. The zero-order valence-electron chi connectivity index (χ0n) is 13.0. The summed E-state index contributed by atoms with van der Waals surface area (Å²) in [6, 6.07) is 5.09. The maximum Gasteiger partial charge on any atom is 0.398 e. The molecule has 0 heterocycles. The van der Waals surface area contributed by atoms with E-state index in [9.17, 15) is 18.0 Å². The lowest BCUT2D eigenvalue weighted by atomic mass is 9.85. The molecule has 1 saturated carbocycles. The van der Waals surface area contributed by atoms with E-state index < -0.39 is 11.9 Å². The molecule has 0 spiro atoms. The zero-order valence-corrected chi connectivity index (χ0v) is 13.8. The highest BCUT2D eigenvalue weighted by molar-refractivity contribution is 7.99. The van der Waals surface area contributed by atoms with Crippen molar-refractivity contribution in [1.82, 2.24) is 0 Å². The number of carbonyl (C=O) groups excluding carboxylic acids is 1. The molecule has 128 valence electrons. The van der Waals surface area contributed by atoms with Gasteiger partial charge in [0.1, 0.15) is 0 Å². The maximum absolute atomic E-state index is 12.4. The molecule has 3 N–H and O–H groups in total. The standard InChI is InChI=1S/C16H21F3N2OS/c1-10-5-6-14(23-9-16(17,18)19)13(7-10)21-15(22)11-3-2-4-12(20)8-11/h5-7,11-12H,2-4,8-9,20H2,1H3,(H,21,22).